The van der Waals surface area contributed by atoms with Crippen LogP contribution in [0.4, 0.5) is 0 Å². The van der Waals surface area contributed by atoms with Crippen LogP contribution < -0.4 is 5.32 Å². The Hall–Kier alpha value is 0.190. The Morgan fingerprint density at radius 1 is 1.53 bits per heavy atom. The van der Waals surface area contributed by atoms with E-state index >= 15 is 0 Å². The van der Waals surface area contributed by atoms with Crippen molar-refractivity contribution in [2.24, 2.45) is 0 Å². The SMILES string of the molecule is O=C(NC1(CCl)CCC1)c1cc(Br)ccc1I. The maximum Gasteiger partial charge on any atom is 0.252 e. The van der Waals surface area contributed by atoms with Gasteiger partial charge in [0.1, 0.15) is 0 Å². The fourth-order valence-electron chi connectivity index (χ4n) is 1.88. The Morgan fingerprint density at radius 2 is 2.24 bits per heavy atom. The molecule has 1 saturated carbocycles. The van der Waals surface area contributed by atoms with E-state index in [1.807, 2.05) is 18.2 Å². The van der Waals surface area contributed by atoms with Crippen molar-refractivity contribution in [1.29, 1.82) is 0 Å². The number of rotatable bonds is 3. The number of hydrogen-bond donors (Lipinski definition) is 1. The van der Waals surface area contributed by atoms with Crippen molar-refractivity contribution >= 4 is 56.0 Å². The zero-order valence-electron chi connectivity index (χ0n) is 9.10. The molecule has 1 N–H and O–H groups in total. The molecule has 0 saturated heterocycles. The van der Waals surface area contributed by atoms with Crippen LogP contribution in [0.1, 0.15) is 29.6 Å². The van der Waals surface area contributed by atoms with E-state index in [9.17, 15) is 4.79 Å². The molecule has 0 aliphatic heterocycles. The molecular weight excluding hydrogens is 416 g/mol. The molecule has 0 atom stereocenters. The average Bonchev–Trinajstić information content (AvgIpc) is 2.26. The average molecular weight is 428 g/mol. The third-order valence-electron chi connectivity index (χ3n) is 3.12. The Morgan fingerprint density at radius 3 is 2.76 bits per heavy atom. The van der Waals surface area contributed by atoms with Gasteiger partial charge in [0.15, 0.2) is 0 Å². The van der Waals surface area contributed by atoms with E-state index in [-0.39, 0.29) is 11.4 Å². The van der Waals surface area contributed by atoms with Crippen LogP contribution in [0, 0.1) is 3.57 Å². The van der Waals surface area contributed by atoms with Gasteiger partial charge >= 0.3 is 0 Å². The fraction of sp³-hybridized carbons (Fsp3) is 0.417. The van der Waals surface area contributed by atoms with Crippen LogP contribution >= 0.6 is 50.1 Å². The van der Waals surface area contributed by atoms with E-state index < -0.39 is 0 Å². The highest BCUT2D eigenvalue weighted by Gasteiger charge is 2.37. The molecule has 1 aliphatic rings. The number of amides is 1. The Balaban J connectivity index is 2.17. The molecule has 1 aliphatic carbocycles. The second kappa shape index (κ2) is 5.45. The summed E-state index contributed by atoms with van der Waals surface area (Å²) in [7, 11) is 0. The molecule has 1 amide bonds. The molecule has 0 unspecified atom stereocenters. The third kappa shape index (κ3) is 2.96. The minimum Gasteiger partial charge on any atom is -0.345 e. The summed E-state index contributed by atoms with van der Waals surface area (Å²) < 4.78 is 1.86. The van der Waals surface area contributed by atoms with E-state index in [0.29, 0.717) is 11.4 Å². The Bertz CT molecular complexity index is 443. The summed E-state index contributed by atoms with van der Waals surface area (Å²) >= 11 is 11.5. The van der Waals surface area contributed by atoms with Crippen molar-refractivity contribution < 1.29 is 4.79 Å². The largest absolute Gasteiger partial charge is 0.345 e. The first kappa shape index (κ1) is 13.6. The lowest BCUT2D eigenvalue weighted by Crippen LogP contribution is -2.55. The predicted molar refractivity (Wildman–Crippen MR) is 81.6 cm³/mol. The summed E-state index contributed by atoms with van der Waals surface area (Å²) in [4.78, 5) is 12.2. The molecule has 5 heteroatoms. The third-order valence-corrected chi connectivity index (χ3v) is 5.06. The summed E-state index contributed by atoms with van der Waals surface area (Å²) in [5.74, 6) is 0.458. The van der Waals surface area contributed by atoms with Crippen molar-refractivity contribution in [1.82, 2.24) is 5.32 Å². The van der Waals surface area contributed by atoms with E-state index in [2.05, 4.69) is 43.8 Å². The molecule has 0 bridgehead atoms. The maximum atomic E-state index is 12.2. The molecule has 0 radical (unpaired) electrons. The Kier molecular flexibility index (Phi) is 4.36. The molecule has 1 aromatic rings. The van der Waals surface area contributed by atoms with Crippen molar-refractivity contribution in [3.63, 3.8) is 0 Å². The van der Waals surface area contributed by atoms with Gasteiger partial charge in [0.25, 0.3) is 5.91 Å². The zero-order valence-corrected chi connectivity index (χ0v) is 13.6. The van der Waals surface area contributed by atoms with Gasteiger partial charge in [0.2, 0.25) is 0 Å². The van der Waals surface area contributed by atoms with Crippen LogP contribution in [0.25, 0.3) is 0 Å². The fourth-order valence-corrected chi connectivity index (χ4v) is 3.15. The van der Waals surface area contributed by atoms with Crippen LogP contribution in [0.15, 0.2) is 22.7 Å². The maximum absolute atomic E-state index is 12.2. The van der Waals surface area contributed by atoms with Crippen molar-refractivity contribution in [3.8, 4) is 0 Å². The molecule has 1 fully saturated rings. The van der Waals surface area contributed by atoms with Gasteiger partial charge in [-0.2, -0.15) is 0 Å². The first-order valence-corrected chi connectivity index (χ1v) is 7.80. The monoisotopic (exact) mass is 427 g/mol. The van der Waals surface area contributed by atoms with E-state index in [4.69, 9.17) is 11.6 Å². The van der Waals surface area contributed by atoms with E-state index in [0.717, 1.165) is 27.3 Å². The minimum atomic E-state index is -0.177. The second-order valence-electron chi connectivity index (χ2n) is 4.35. The molecule has 17 heavy (non-hydrogen) atoms. The van der Waals surface area contributed by atoms with Gasteiger partial charge in [-0.25, -0.2) is 0 Å². The van der Waals surface area contributed by atoms with Gasteiger partial charge in [-0.15, -0.1) is 11.6 Å². The molecule has 92 valence electrons. The molecular formula is C12H12BrClINO. The lowest BCUT2D eigenvalue weighted by molar-refractivity contribution is 0.0853. The summed E-state index contributed by atoms with van der Waals surface area (Å²) in [5.41, 5.74) is 0.528. The first-order chi connectivity index (χ1) is 8.06. The van der Waals surface area contributed by atoms with Crippen LogP contribution in [0.3, 0.4) is 0 Å². The van der Waals surface area contributed by atoms with Crippen LogP contribution in [-0.4, -0.2) is 17.3 Å². The second-order valence-corrected chi connectivity index (χ2v) is 6.69. The number of halogens is 3. The van der Waals surface area contributed by atoms with Gasteiger partial charge < -0.3 is 5.32 Å². The van der Waals surface area contributed by atoms with E-state index in [1.165, 1.54) is 0 Å². The summed E-state index contributed by atoms with van der Waals surface area (Å²) in [6.07, 6.45) is 3.10. The van der Waals surface area contributed by atoms with Crippen LogP contribution in [-0.2, 0) is 0 Å². The van der Waals surface area contributed by atoms with Gasteiger partial charge in [0, 0.05) is 13.9 Å². The van der Waals surface area contributed by atoms with Crippen molar-refractivity contribution in [3.05, 3.63) is 31.8 Å². The summed E-state index contributed by atoms with van der Waals surface area (Å²) in [6.45, 7) is 0. The highest BCUT2D eigenvalue weighted by molar-refractivity contribution is 14.1. The number of benzene rings is 1. The Labute approximate surface area is 128 Å². The standard InChI is InChI=1S/C12H12BrClINO/c13-8-2-3-10(15)9(6-8)11(17)16-12(7-14)4-1-5-12/h2-3,6H,1,4-5,7H2,(H,16,17). The molecule has 2 rings (SSSR count). The number of alkyl halides is 1. The van der Waals surface area contributed by atoms with Crippen molar-refractivity contribution in [2.75, 3.05) is 5.88 Å². The quantitative estimate of drug-likeness (QED) is 0.574. The molecule has 2 nitrogen and oxygen atoms in total. The number of carbonyl (C=O) groups is 1. The first-order valence-electron chi connectivity index (χ1n) is 5.40. The van der Waals surface area contributed by atoms with Gasteiger partial charge in [-0.05, 0) is 60.1 Å². The number of hydrogen-bond acceptors (Lipinski definition) is 1. The highest BCUT2D eigenvalue weighted by Crippen LogP contribution is 2.33. The predicted octanol–water partition coefficient (Wildman–Crippen LogP) is 3.95. The summed E-state index contributed by atoms with van der Waals surface area (Å²) in [5, 5.41) is 3.07. The lowest BCUT2D eigenvalue weighted by atomic mass is 9.78. The number of nitrogens with one attached hydrogen (secondary N) is 1. The van der Waals surface area contributed by atoms with Gasteiger partial charge in [-0.1, -0.05) is 15.9 Å². The smallest absolute Gasteiger partial charge is 0.252 e. The van der Waals surface area contributed by atoms with Crippen molar-refractivity contribution in [2.45, 2.75) is 24.8 Å². The normalized spacial score (nSPS) is 17.4. The number of carbonyl (C=O) groups excluding carboxylic acids is 1. The lowest BCUT2D eigenvalue weighted by Gasteiger charge is -2.41. The molecule has 0 spiro atoms. The highest BCUT2D eigenvalue weighted by atomic mass is 127. The van der Waals surface area contributed by atoms with Crippen LogP contribution in [0.5, 0.6) is 0 Å². The molecule has 1 aromatic carbocycles. The van der Waals surface area contributed by atoms with Gasteiger partial charge in [0.05, 0.1) is 11.1 Å². The topological polar surface area (TPSA) is 29.1 Å². The van der Waals surface area contributed by atoms with Crippen LogP contribution in [0.2, 0.25) is 0 Å². The minimum absolute atomic E-state index is 0.0314. The molecule has 0 aromatic heterocycles. The summed E-state index contributed by atoms with van der Waals surface area (Å²) in [6, 6.07) is 5.70. The van der Waals surface area contributed by atoms with Gasteiger partial charge in [-0.3, -0.25) is 4.79 Å². The molecule has 0 heterocycles. The zero-order chi connectivity index (χ0) is 12.5. The van der Waals surface area contributed by atoms with E-state index in [1.54, 1.807) is 0 Å².